The Kier molecular flexibility index (Phi) is 10.6. The molecule has 2 heterocycles. The molecule has 1 aliphatic rings. The Labute approximate surface area is 262 Å². The van der Waals surface area contributed by atoms with Crippen LogP contribution in [0.1, 0.15) is 64.5 Å². The van der Waals surface area contributed by atoms with Gasteiger partial charge in [0.05, 0.1) is 6.33 Å². The van der Waals surface area contributed by atoms with Crippen LogP contribution < -0.4 is 10.6 Å². The van der Waals surface area contributed by atoms with Crippen LogP contribution in [0, 0.1) is 44.1 Å². The van der Waals surface area contributed by atoms with E-state index in [1.54, 1.807) is 0 Å². The standard InChI is InChI=1S/C30H38N7.Ac/c1-4-18-31-25-14-16-26(17-15-25)34-30-35-28(27-29(36-30)37(20-33-27)21(2)3)32-19-22-10-12-24(13-11-22)23-8-6-5-7-9-23;/h5-13,20-21,25-26H,4,14-19H2,1-3H3,(H2,32,34,35,36);/q-1;. The van der Waals surface area contributed by atoms with E-state index in [0.29, 0.717) is 24.6 Å². The minimum atomic E-state index is 0. The van der Waals surface area contributed by atoms with Gasteiger partial charge in [-0.25, -0.2) is 4.98 Å². The van der Waals surface area contributed by atoms with Crippen molar-refractivity contribution in [3.05, 3.63) is 71.8 Å². The van der Waals surface area contributed by atoms with Crippen LogP contribution in [-0.4, -0.2) is 38.1 Å². The van der Waals surface area contributed by atoms with Crippen LogP contribution in [0.3, 0.4) is 0 Å². The van der Waals surface area contributed by atoms with Crippen molar-refractivity contribution >= 4 is 22.9 Å². The maximum absolute atomic E-state index is 4.89. The summed E-state index contributed by atoms with van der Waals surface area (Å²) in [6.07, 6.45) is 7.46. The van der Waals surface area contributed by atoms with Crippen molar-refractivity contribution < 1.29 is 44.1 Å². The Morgan fingerprint density at radius 2 is 1.66 bits per heavy atom. The van der Waals surface area contributed by atoms with Crippen LogP contribution in [0.15, 0.2) is 60.9 Å². The topological polar surface area (TPSA) is 81.8 Å². The smallest absolute Gasteiger partial charge is 0.227 e. The second-order valence-electron chi connectivity index (χ2n) is 10.3. The van der Waals surface area contributed by atoms with E-state index in [1.807, 2.05) is 12.4 Å². The molecule has 0 unspecified atom stereocenters. The monoisotopic (exact) mass is 723 g/mol. The normalized spacial score (nSPS) is 17.4. The van der Waals surface area contributed by atoms with Gasteiger partial charge in [-0.3, -0.25) is 0 Å². The molecular weight excluding hydrogens is 685 g/mol. The van der Waals surface area contributed by atoms with Crippen molar-refractivity contribution in [2.24, 2.45) is 0 Å². The van der Waals surface area contributed by atoms with E-state index in [2.05, 4.69) is 89.5 Å². The molecular formula is C30H38AcN7-. The Hall–Kier alpha value is -2.01. The van der Waals surface area contributed by atoms with Gasteiger partial charge in [0.15, 0.2) is 17.0 Å². The molecule has 1 radical (unpaired) electrons. The molecule has 197 valence electrons. The van der Waals surface area contributed by atoms with Crippen LogP contribution in [0.25, 0.3) is 27.6 Å². The third-order valence-electron chi connectivity index (χ3n) is 7.14. The first-order chi connectivity index (χ1) is 18.1. The Balaban J connectivity index is 0.00000336. The van der Waals surface area contributed by atoms with Crippen molar-refractivity contribution in [2.75, 3.05) is 17.2 Å². The fraction of sp³-hybridized carbons (Fsp3) is 0.433. The van der Waals surface area contributed by atoms with Gasteiger partial charge in [0, 0.05) is 62.7 Å². The van der Waals surface area contributed by atoms with Gasteiger partial charge >= 0.3 is 0 Å². The van der Waals surface area contributed by atoms with E-state index in [4.69, 9.17) is 15.3 Å². The van der Waals surface area contributed by atoms with Crippen LogP contribution in [-0.2, 0) is 6.54 Å². The maximum Gasteiger partial charge on any atom is 0.227 e. The van der Waals surface area contributed by atoms with Gasteiger partial charge in [0.2, 0.25) is 5.95 Å². The van der Waals surface area contributed by atoms with E-state index in [1.165, 1.54) is 16.7 Å². The summed E-state index contributed by atoms with van der Waals surface area (Å²) in [6.45, 7) is 8.14. The zero-order valence-corrected chi connectivity index (χ0v) is 27.5. The molecule has 1 fully saturated rings. The summed E-state index contributed by atoms with van der Waals surface area (Å²) in [5, 5.41) is 12.0. The average molecular weight is 724 g/mol. The van der Waals surface area contributed by atoms with Crippen LogP contribution in [0.4, 0.5) is 11.8 Å². The molecule has 1 aliphatic carbocycles. The number of rotatable bonds is 10. The Bertz CT molecular complexity index is 1280. The zero-order valence-electron chi connectivity index (χ0n) is 22.8. The molecule has 5 rings (SSSR count). The fourth-order valence-corrected chi connectivity index (χ4v) is 5.01. The molecule has 0 aliphatic heterocycles. The first-order valence-electron chi connectivity index (χ1n) is 13.7. The molecule has 0 spiro atoms. The van der Waals surface area contributed by atoms with E-state index < -0.39 is 0 Å². The predicted octanol–water partition coefficient (Wildman–Crippen LogP) is 7.19. The molecule has 2 aromatic carbocycles. The van der Waals surface area contributed by atoms with Crippen LogP contribution in [0.2, 0.25) is 0 Å². The molecule has 4 aromatic rings. The molecule has 7 nitrogen and oxygen atoms in total. The number of nitrogens with zero attached hydrogens (tertiary/aromatic N) is 5. The number of nitrogens with one attached hydrogen (secondary N) is 2. The number of hydrogen-bond acceptors (Lipinski definition) is 5. The molecule has 0 atom stereocenters. The van der Waals surface area contributed by atoms with Gasteiger partial charge in [-0.1, -0.05) is 80.8 Å². The first-order valence-corrected chi connectivity index (χ1v) is 13.7. The van der Waals surface area contributed by atoms with Crippen molar-refractivity contribution in [3.8, 4) is 11.1 Å². The molecule has 1 saturated carbocycles. The van der Waals surface area contributed by atoms with Gasteiger partial charge in [0.1, 0.15) is 0 Å². The van der Waals surface area contributed by atoms with Gasteiger partial charge in [-0.2, -0.15) is 9.97 Å². The second-order valence-corrected chi connectivity index (χ2v) is 10.3. The van der Waals surface area contributed by atoms with Crippen LogP contribution in [0.5, 0.6) is 0 Å². The van der Waals surface area contributed by atoms with Gasteiger partial charge in [-0.05, 0) is 43.4 Å². The molecule has 0 amide bonds. The number of aromatic nitrogens is 4. The van der Waals surface area contributed by atoms with Crippen molar-refractivity contribution in [3.63, 3.8) is 0 Å². The summed E-state index contributed by atoms with van der Waals surface area (Å²) in [5.41, 5.74) is 5.30. The quantitative estimate of drug-likeness (QED) is 0.181. The summed E-state index contributed by atoms with van der Waals surface area (Å²) in [5.74, 6) is 1.44. The number of imidazole rings is 1. The number of anilines is 2. The van der Waals surface area contributed by atoms with Gasteiger partial charge in [-0.15, -0.1) is 12.6 Å². The summed E-state index contributed by atoms with van der Waals surface area (Å²) in [4.78, 5) is 14.4. The minimum absolute atomic E-state index is 0. The van der Waals surface area contributed by atoms with Crippen molar-refractivity contribution in [2.45, 2.75) is 77.5 Å². The molecule has 8 heteroatoms. The molecule has 38 heavy (non-hydrogen) atoms. The summed E-state index contributed by atoms with van der Waals surface area (Å²) >= 11 is 0. The van der Waals surface area contributed by atoms with Crippen molar-refractivity contribution in [1.82, 2.24) is 19.5 Å². The summed E-state index contributed by atoms with van der Waals surface area (Å²) in [7, 11) is 0. The zero-order chi connectivity index (χ0) is 25.6. The average Bonchev–Trinajstić information content (AvgIpc) is 3.37. The van der Waals surface area contributed by atoms with Crippen molar-refractivity contribution in [1.29, 1.82) is 0 Å². The Morgan fingerprint density at radius 1 is 0.947 bits per heavy atom. The van der Waals surface area contributed by atoms with Gasteiger partial charge < -0.3 is 20.5 Å². The third-order valence-corrected chi connectivity index (χ3v) is 7.14. The number of fused-ring (bicyclic) bond motifs is 1. The van der Waals surface area contributed by atoms with Gasteiger partial charge in [0.25, 0.3) is 0 Å². The third kappa shape index (κ3) is 7.14. The van der Waals surface area contributed by atoms with E-state index >= 15 is 0 Å². The predicted molar refractivity (Wildman–Crippen MR) is 153 cm³/mol. The number of benzene rings is 2. The molecule has 2 N–H and O–H groups in total. The summed E-state index contributed by atoms with van der Waals surface area (Å²) < 4.78 is 2.11. The first kappa shape index (κ1) is 29.0. The largest absolute Gasteiger partial charge is 0.660 e. The second kappa shape index (κ2) is 13.9. The Morgan fingerprint density at radius 3 is 2.34 bits per heavy atom. The summed E-state index contributed by atoms with van der Waals surface area (Å²) in [6, 6.07) is 20.3. The molecule has 0 bridgehead atoms. The molecule has 0 saturated heterocycles. The molecule has 2 aromatic heterocycles. The van der Waals surface area contributed by atoms with Crippen LogP contribution >= 0.6 is 0 Å². The minimum Gasteiger partial charge on any atom is -0.660 e. The fourth-order valence-electron chi connectivity index (χ4n) is 5.01. The maximum atomic E-state index is 4.89. The van der Waals surface area contributed by atoms with E-state index in [-0.39, 0.29) is 50.1 Å². The van der Waals surface area contributed by atoms with E-state index in [0.717, 1.165) is 55.6 Å². The number of hydrogen-bond donors (Lipinski definition) is 2. The SMILES string of the molecule is CCC[N-]C1CCC(Nc2nc(NCc3ccc(-c4ccccc4)cc3)c3ncn(C(C)C)c3n2)CC1.[Ac]. The van der Waals surface area contributed by atoms with E-state index in [9.17, 15) is 0 Å².